The highest BCUT2D eigenvalue weighted by Crippen LogP contribution is 2.24. The van der Waals surface area contributed by atoms with Crippen LogP contribution >= 0.6 is 0 Å². The summed E-state index contributed by atoms with van der Waals surface area (Å²) in [4.78, 5) is 0. The zero-order valence-electron chi connectivity index (χ0n) is 13.2. The molecule has 5 heteroatoms. The Morgan fingerprint density at radius 3 is 2.74 bits per heavy atom. The summed E-state index contributed by atoms with van der Waals surface area (Å²) >= 11 is 0. The van der Waals surface area contributed by atoms with Gasteiger partial charge >= 0.3 is 0 Å². The van der Waals surface area contributed by atoms with Gasteiger partial charge < -0.3 is 13.9 Å². The lowest BCUT2D eigenvalue weighted by atomic mass is 10.1. The third-order valence-corrected chi connectivity index (χ3v) is 3.49. The number of nitrogens with zero attached hydrogens (tertiary/aromatic N) is 2. The molecule has 0 aliphatic carbocycles. The number of hydrogen-bond donors (Lipinski definition) is 0. The predicted octanol–water partition coefficient (Wildman–Crippen LogP) is 3.89. The minimum Gasteiger partial charge on any atom is -0.497 e. The van der Waals surface area contributed by atoms with Gasteiger partial charge in [0.15, 0.2) is 6.61 Å². The van der Waals surface area contributed by atoms with Crippen LogP contribution < -0.4 is 9.47 Å². The van der Waals surface area contributed by atoms with E-state index in [-0.39, 0.29) is 6.61 Å². The predicted molar refractivity (Wildman–Crippen MR) is 86.4 cm³/mol. The molecule has 0 N–H and O–H groups in total. The zero-order chi connectivity index (χ0) is 16.1. The first-order valence-electron chi connectivity index (χ1n) is 7.47. The molecule has 2 aromatic carbocycles. The summed E-state index contributed by atoms with van der Waals surface area (Å²) in [6.45, 7) is 2.34. The Morgan fingerprint density at radius 2 is 1.91 bits per heavy atom. The molecule has 1 aromatic heterocycles. The maximum atomic E-state index is 5.79. The molecular weight excluding hydrogens is 292 g/mol. The van der Waals surface area contributed by atoms with E-state index in [0.717, 1.165) is 29.0 Å². The molecule has 23 heavy (non-hydrogen) atoms. The van der Waals surface area contributed by atoms with E-state index < -0.39 is 0 Å². The molecule has 0 spiro atoms. The third-order valence-electron chi connectivity index (χ3n) is 3.49. The van der Waals surface area contributed by atoms with Gasteiger partial charge in [-0.25, -0.2) is 0 Å². The smallest absolute Gasteiger partial charge is 0.254 e. The van der Waals surface area contributed by atoms with E-state index in [1.807, 2.05) is 48.5 Å². The van der Waals surface area contributed by atoms with Crippen molar-refractivity contribution in [2.24, 2.45) is 0 Å². The summed E-state index contributed by atoms with van der Waals surface area (Å²) in [6, 6.07) is 15.4. The van der Waals surface area contributed by atoms with Gasteiger partial charge in [-0.1, -0.05) is 31.2 Å². The van der Waals surface area contributed by atoms with Crippen LogP contribution in [0.3, 0.4) is 0 Å². The maximum absolute atomic E-state index is 5.79. The second kappa shape index (κ2) is 6.96. The van der Waals surface area contributed by atoms with E-state index in [1.54, 1.807) is 7.11 Å². The average Bonchev–Trinajstić information content (AvgIpc) is 3.09. The molecule has 0 aliphatic rings. The van der Waals surface area contributed by atoms with Gasteiger partial charge in [0.1, 0.15) is 11.5 Å². The first-order valence-corrected chi connectivity index (χ1v) is 7.47. The first kappa shape index (κ1) is 15.1. The Labute approximate surface area is 134 Å². The number of rotatable bonds is 6. The van der Waals surface area contributed by atoms with Crippen molar-refractivity contribution in [1.29, 1.82) is 0 Å². The number of methoxy groups -OCH3 is 1. The standard InChI is InChI=1S/C18H18N2O3/c1-3-13-7-4-5-10-16(13)22-12-17-19-20-18(23-17)14-8-6-9-15(11-14)21-2/h4-11H,3,12H2,1-2H3. The molecule has 0 radical (unpaired) electrons. The minimum atomic E-state index is 0.244. The van der Waals surface area contributed by atoms with Gasteiger partial charge in [0, 0.05) is 5.56 Å². The topological polar surface area (TPSA) is 57.4 Å². The molecule has 3 rings (SSSR count). The highest BCUT2D eigenvalue weighted by Gasteiger charge is 2.10. The summed E-state index contributed by atoms with van der Waals surface area (Å²) in [5, 5.41) is 8.10. The van der Waals surface area contributed by atoms with E-state index in [1.165, 1.54) is 0 Å². The fourth-order valence-electron chi connectivity index (χ4n) is 2.26. The molecular formula is C18H18N2O3. The molecule has 0 saturated carbocycles. The summed E-state index contributed by atoms with van der Waals surface area (Å²) < 4.78 is 16.6. The Kier molecular flexibility index (Phi) is 4.57. The third kappa shape index (κ3) is 3.51. The fraction of sp³-hybridized carbons (Fsp3) is 0.222. The summed E-state index contributed by atoms with van der Waals surface area (Å²) in [6.07, 6.45) is 0.912. The highest BCUT2D eigenvalue weighted by atomic mass is 16.5. The molecule has 5 nitrogen and oxygen atoms in total. The zero-order valence-corrected chi connectivity index (χ0v) is 13.2. The van der Waals surface area contributed by atoms with Crippen LogP contribution in [0.5, 0.6) is 11.5 Å². The Bertz CT molecular complexity index is 783. The number of para-hydroxylation sites is 1. The SMILES string of the molecule is CCc1ccccc1OCc1nnc(-c2cccc(OC)c2)o1. The average molecular weight is 310 g/mol. The lowest BCUT2D eigenvalue weighted by Gasteiger charge is -2.07. The Morgan fingerprint density at radius 1 is 1.04 bits per heavy atom. The van der Waals surface area contributed by atoms with Crippen molar-refractivity contribution in [3.05, 3.63) is 60.0 Å². The van der Waals surface area contributed by atoms with Gasteiger partial charge in [0.2, 0.25) is 5.89 Å². The molecule has 0 aliphatic heterocycles. The Balaban J connectivity index is 1.72. The van der Waals surface area contributed by atoms with Crippen molar-refractivity contribution in [2.45, 2.75) is 20.0 Å². The van der Waals surface area contributed by atoms with Crippen LogP contribution in [0.1, 0.15) is 18.4 Å². The molecule has 0 saturated heterocycles. The molecule has 0 amide bonds. The van der Waals surface area contributed by atoms with Crippen LogP contribution in [0, 0.1) is 0 Å². The van der Waals surface area contributed by atoms with Crippen molar-refractivity contribution in [1.82, 2.24) is 10.2 Å². The lowest BCUT2D eigenvalue weighted by Crippen LogP contribution is -1.98. The molecule has 118 valence electrons. The molecule has 0 unspecified atom stereocenters. The summed E-state index contributed by atoms with van der Waals surface area (Å²) in [5.41, 5.74) is 1.97. The van der Waals surface area contributed by atoms with Crippen LogP contribution in [0.4, 0.5) is 0 Å². The second-order valence-corrected chi connectivity index (χ2v) is 4.98. The van der Waals surface area contributed by atoms with E-state index in [0.29, 0.717) is 11.8 Å². The molecule has 1 heterocycles. The molecule has 0 fully saturated rings. The summed E-state index contributed by atoms with van der Waals surface area (Å²) in [7, 11) is 1.62. The number of ether oxygens (including phenoxy) is 2. The first-order chi connectivity index (χ1) is 11.3. The van der Waals surface area contributed by atoms with Crippen molar-refractivity contribution in [3.63, 3.8) is 0 Å². The van der Waals surface area contributed by atoms with Crippen molar-refractivity contribution in [3.8, 4) is 23.0 Å². The van der Waals surface area contributed by atoms with Gasteiger partial charge in [-0.15, -0.1) is 10.2 Å². The van der Waals surface area contributed by atoms with Crippen molar-refractivity contribution in [2.75, 3.05) is 7.11 Å². The van der Waals surface area contributed by atoms with Crippen LogP contribution in [-0.4, -0.2) is 17.3 Å². The fourth-order valence-corrected chi connectivity index (χ4v) is 2.26. The van der Waals surface area contributed by atoms with Gasteiger partial charge in [0.25, 0.3) is 5.89 Å². The van der Waals surface area contributed by atoms with Gasteiger partial charge in [0.05, 0.1) is 7.11 Å². The normalized spacial score (nSPS) is 10.5. The van der Waals surface area contributed by atoms with Gasteiger partial charge in [-0.2, -0.15) is 0 Å². The lowest BCUT2D eigenvalue weighted by molar-refractivity contribution is 0.262. The maximum Gasteiger partial charge on any atom is 0.254 e. The molecule has 3 aromatic rings. The molecule has 0 atom stereocenters. The quantitative estimate of drug-likeness (QED) is 0.691. The van der Waals surface area contributed by atoms with E-state index in [9.17, 15) is 0 Å². The van der Waals surface area contributed by atoms with Crippen LogP contribution in [-0.2, 0) is 13.0 Å². The summed E-state index contributed by atoms with van der Waals surface area (Å²) in [5.74, 6) is 2.48. The Hall–Kier alpha value is -2.82. The van der Waals surface area contributed by atoms with Crippen LogP contribution in [0.2, 0.25) is 0 Å². The number of hydrogen-bond acceptors (Lipinski definition) is 5. The van der Waals surface area contributed by atoms with E-state index in [2.05, 4.69) is 17.1 Å². The van der Waals surface area contributed by atoms with E-state index >= 15 is 0 Å². The van der Waals surface area contributed by atoms with Crippen LogP contribution in [0.25, 0.3) is 11.5 Å². The molecule has 0 bridgehead atoms. The van der Waals surface area contributed by atoms with Crippen molar-refractivity contribution >= 4 is 0 Å². The van der Waals surface area contributed by atoms with Gasteiger partial charge in [-0.05, 0) is 36.2 Å². The highest BCUT2D eigenvalue weighted by molar-refractivity contribution is 5.55. The van der Waals surface area contributed by atoms with Gasteiger partial charge in [-0.3, -0.25) is 0 Å². The number of aromatic nitrogens is 2. The minimum absolute atomic E-state index is 0.244. The largest absolute Gasteiger partial charge is 0.497 e. The number of aryl methyl sites for hydroxylation is 1. The monoisotopic (exact) mass is 310 g/mol. The second-order valence-electron chi connectivity index (χ2n) is 4.98. The van der Waals surface area contributed by atoms with Crippen molar-refractivity contribution < 1.29 is 13.9 Å². The van der Waals surface area contributed by atoms with Crippen LogP contribution in [0.15, 0.2) is 52.9 Å². The van der Waals surface area contributed by atoms with E-state index in [4.69, 9.17) is 13.9 Å². The number of benzene rings is 2.